The molecule has 1 aliphatic rings. The number of hydrogen-bond acceptors (Lipinski definition) is 3. The minimum Gasteiger partial charge on any atom is -0.389 e. The van der Waals surface area contributed by atoms with Crippen molar-refractivity contribution in [3.8, 4) is 0 Å². The number of halogens is 1. The minimum absolute atomic E-state index is 0.435. The summed E-state index contributed by atoms with van der Waals surface area (Å²) >= 11 is 10.6. The fourth-order valence-electron chi connectivity index (χ4n) is 2.29. The van der Waals surface area contributed by atoms with E-state index in [1.165, 1.54) is 5.69 Å². The highest BCUT2D eigenvalue weighted by Crippen LogP contribution is 2.30. The molecule has 18 heavy (non-hydrogen) atoms. The Balaban J connectivity index is 2.23. The van der Waals surface area contributed by atoms with Gasteiger partial charge in [0.25, 0.3) is 0 Å². The van der Waals surface area contributed by atoms with E-state index in [2.05, 4.69) is 58.6 Å². The van der Waals surface area contributed by atoms with Crippen LogP contribution in [-0.2, 0) is 0 Å². The van der Waals surface area contributed by atoms with Gasteiger partial charge in [-0.3, -0.25) is 0 Å². The van der Waals surface area contributed by atoms with E-state index in [1.807, 2.05) is 6.07 Å². The summed E-state index contributed by atoms with van der Waals surface area (Å²) in [5.41, 5.74) is 7.81. The molecule has 0 amide bonds. The van der Waals surface area contributed by atoms with Gasteiger partial charge < -0.3 is 10.6 Å². The third-order valence-corrected chi connectivity index (χ3v) is 5.11. The van der Waals surface area contributed by atoms with Crippen LogP contribution in [0, 0.1) is 0 Å². The Morgan fingerprint density at radius 1 is 1.39 bits per heavy atom. The molecular formula is C13H17BrN2S2. The number of nitrogens with two attached hydrogens (primary N) is 1. The van der Waals surface area contributed by atoms with Gasteiger partial charge in [-0.15, -0.1) is 0 Å². The molecule has 0 bridgehead atoms. The van der Waals surface area contributed by atoms with Gasteiger partial charge in [0.1, 0.15) is 4.99 Å². The zero-order valence-corrected chi connectivity index (χ0v) is 13.7. The lowest BCUT2D eigenvalue weighted by molar-refractivity contribution is 0.728. The fourth-order valence-corrected chi connectivity index (χ4v) is 4.50. The first-order chi connectivity index (χ1) is 8.47. The van der Waals surface area contributed by atoms with E-state index in [-0.39, 0.29) is 0 Å². The van der Waals surface area contributed by atoms with Crippen molar-refractivity contribution < 1.29 is 0 Å². The molecule has 0 saturated carbocycles. The summed E-state index contributed by atoms with van der Waals surface area (Å²) in [7, 11) is 0. The van der Waals surface area contributed by atoms with Gasteiger partial charge in [0.2, 0.25) is 0 Å². The van der Waals surface area contributed by atoms with Crippen LogP contribution in [0.4, 0.5) is 5.69 Å². The lowest BCUT2D eigenvalue weighted by atomic mass is 10.2. The number of thiocarbonyl (C=S) groups is 1. The predicted molar refractivity (Wildman–Crippen MR) is 88.8 cm³/mol. The molecule has 1 heterocycles. The number of hydrogen-bond donors (Lipinski definition) is 1. The Labute approximate surface area is 126 Å². The molecule has 0 spiro atoms. The third-order valence-electron chi connectivity index (χ3n) is 3.00. The molecule has 0 aliphatic carbocycles. The van der Waals surface area contributed by atoms with Crippen LogP contribution < -0.4 is 10.6 Å². The highest BCUT2D eigenvalue weighted by molar-refractivity contribution is 9.10. The minimum atomic E-state index is 0.435. The number of thioether (sulfide) groups is 1. The van der Waals surface area contributed by atoms with Gasteiger partial charge >= 0.3 is 0 Å². The van der Waals surface area contributed by atoms with Crippen molar-refractivity contribution in [2.45, 2.75) is 24.3 Å². The van der Waals surface area contributed by atoms with Crippen molar-refractivity contribution in [3.63, 3.8) is 0 Å². The maximum Gasteiger partial charge on any atom is 0.105 e. The second-order valence-corrected chi connectivity index (χ2v) is 7.87. The Hall–Kier alpha value is -0.260. The van der Waals surface area contributed by atoms with Crippen molar-refractivity contribution in [1.29, 1.82) is 0 Å². The molecule has 0 radical (unpaired) electrons. The molecule has 2 unspecified atom stereocenters. The van der Waals surface area contributed by atoms with Crippen LogP contribution >= 0.6 is 39.9 Å². The zero-order valence-electron chi connectivity index (χ0n) is 10.5. The van der Waals surface area contributed by atoms with Crippen molar-refractivity contribution in [2.24, 2.45) is 5.73 Å². The first-order valence-electron chi connectivity index (χ1n) is 5.97. The van der Waals surface area contributed by atoms with Gasteiger partial charge in [0.05, 0.1) is 0 Å². The molecule has 1 saturated heterocycles. The summed E-state index contributed by atoms with van der Waals surface area (Å²) in [6, 6.07) is 6.22. The Kier molecular flexibility index (Phi) is 4.56. The second kappa shape index (κ2) is 5.80. The van der Waals surface area contributed by atoms with Crippen molar-refractivity contribution in [2.75, 3.05) is 18.0 Å². The van der Waals surface area contributed by atoms with Crippen LogP contribution in [0.1, 0.15) is 19.4 Å². The van der Waals surface area contributed by atoms with Gasteiger partial charge in [-0.2, -0.15) is 11.8 Å². The Morgan fingerprint density at radius 2 is 2.00 bits per heavy atom. The predicted octanol–water partition coefficient (Wildman–Crippen LogP) is 3.41. The normalized spacial score (nSPS) is 24.1. The van der Waals surface area contributed by atoms with Gasteiger partial charge in [0.15, 0.2) is 0 Å². The van der Waals surface area contributed by atoms with Gasteiger partial charge in [-0.25, -0.2) is 0 Å². The first-order valence-corrected chi connectivity index (χ1v) is 8.11. The van der Waals surface area contributed by atoms with Crippen molar-refractivity contribution >= 4 is 50.6 Å². The van der Waals surface area contributed by atoms with Crippen LogP contribution in [0.2, 0.25) is 0 Å². The van der Waals surface area contributed by atoms with E-state index in [1.54, 1.807) is 0 Å². The number of anilines is 1. The lowest BCUT2D eigenvalue weighted by Crippen LogP contribution is -2.40. The van der Waals surface area contributed by atoms with E-state index in [9.17, 15) is 0 Å². The third kappa shape index (κ3) is 3.19. The highest BCUT2D eigenvalue weighted by atomic mass is 79.9. The SMILES string of the molecule is CC1CN(c2ccc(C(N)=S)c(Br)c2)CC(C)S1. The molecule has 5 heteroatoms. The number of rotatable bonds is 2. The van der Waals surface area contributed by atoms with E-state index in [4.69, 9.17) is 18.0 Å². The molecule has 98 valence electrons. The van der Waals surface area contributed by atoms with E-state index >= 15 is 0 Å². The number of benzene rings is 1. The van der Waals surface area contributed by atoms with E-state index < -0.39 is 0 Å². The number of nitrogens with zero attached hydrogens (tertiary/aromatic N) is 1. The van der Waals surface area contributed by atoms with Crippen molar-refractivity contribution in [1.82, 2.24) is 0 Å². The zero-order chi connectivity index (χ0) is 13.3. The standard InChI is InChI=1S/C13H17BrN2S2/c1-8-6-16(7-9(2)18-8)10-3-4-11(13(15)17)12(14)5-10/h3-5,8-9H,6-7H2,1-2H3,(H2,15,17). The molecule has 2 rings (SSSR count). The fraction of sp³-hybridized carbons (Fsp3) is 0.462. The van der Waals surface area contributed by atoms with Gasteiger partial charge in [-0.05, 0) is 34.1 Å². The van der Waals surface area contributed by atoms with Crippen molar-refractivity contribution in [3.05, 3.63) is 28.2 Å². The summed E-state index contributed by atoms with van der Waals surface area (Å²) < 4.78 is 0.978. The first kappa shape index (κ1) is 14.2. The van der Waals surface area contributed by atoms with Crippen LogP contribution in [0.25, 0.3) is 0 Å². The topological polar surface area (TPSA) is 29.3 Å². The van der Waals surface area contributed by atoms with E-state index in [0.29, 0.717) is 15.5 Å². The van der Waals surface area contributed by atoms with Crippen LogP contribution in [0.5, 0.6) is 0 Å². The van der Waals surface area contributed by atoms with Gasteiger partial charge in [-0.1, -0.05) is 26.1 Å². The second-order valence-electron chi connectivity index (χ2n) is 4.69. The Morgan fingerprint density at radius 3 is 2.50 bits per heavy atom. The quantitative estimate of drug-likeness (QED) is 0.832. The maximum atomic E-state index is 5.67. The highest BCUT2D eigenvalue weighted by Gasteiger charge is 2.22. The molecule has 2 N–H and O–H groups in total. The summed E-state index contributed by atoms with van der Waals surface area (Å²) in [5, 5.41) is 1.34. The molecule has 1 aliphatic heterocycles. The molecule has 0 aromatic heterocycles. The van der Waals surface area contributed by atoms with Crippen LogP contribution in [-0.4, -0.2) is 28.6 Å². The van der Waals surface area contributed by atoms with Crippen LogP contribution in [0.3, 0.4) is 0 Å². The largest absolute Gasteiger partial charge is 0.389 e. The molecular weight excluding hydrogens is 328 g/mol. The molecule has 1 fully saturated rings. The lowest BCUT2D eigenvalue weighted by Gasteiger charge is -2.36. The van der Waals surface area contributed by atoms with Gasteiger partial charge in [0, 0.05) is 39.3 Å². The average Bonchev–Trinajstić information content (AvgIpc) is 2.26. The summed E-state index contributed by atoms with van der Waals surface area (Å²) in [6.07, 6.45) is 0. The molecule has 2 atom stereocenters. The smallest absolute Gasteiger partial charge is 0.105 e. The average molecular weight is 345 g/mol. The Bertz CT molecular complexity index is 454. The monoisotopic (exact) mass is 344 g/mol. The summed E-state index contributed by atoms with van der Waals surface area (Å²) in [6.45, 7) is 6.75. The van der Waals surface area contributed by atoms with E-state index in [0.717, 1.165) is 23.1 Å². The maximum absolute atomic E-state index is 5.67. The molecule has 1 aromatic carbocycles. The summed E-state index contributed by atoms with van der Waals surface area (Å²) in [5.74, 6) is 0. The summed E-state index contributed by atoms with van der Waals surface area (Å²) in [4.78, 5) is 2.87. The molecule has 1 aromatic rings. The van der Waals surface area contributed by atoms with Crippen LogP contribution in [0.15, 0.2) is 22.7 Å². The molecule has 2 nitrogen and oxygen atoms in total.